The fourth-order valence-corrected chi connectivity index (χ4v) is 2.25. The van der Waals surface area contributed by atoms with Crippen molar-refractivity contribution in [3.63, 3.8) is 0 Å². The number of piperidine rings is 1. The minimum Gasteiger partial charge on any atom is -0.343 e. The van der Waals surface area contributed by atoms with E-state index in [4.69, 9.17) is 0 Å². The first-order valence-electron chi connectivity index (χ1n) is 5.55. The molecule has 3 heteroatoms. The van der Waals surface area contributed by atoms with Crippen LogP contribution in [0.25, 0.3) is 0 Å². The van der Waals surface area contributed by atoms with E-state index >= 15 is 0 Å². The van der Waals surface area contributed by atoms with Crippen molar-refractivity contribution in [1.29, 1.82) is 0 Å². The Morgan fingerprint density at radius 3 is 2.93 bits per heavy atom. The van der Waals surface area contributed by atoms with E-state index in [0.29, 0.717) is 11.8 Å². The Labute approximate surface area is 86.9 Å². The van der Waals surface area contributed by atoms with Crippen LogP contribution in [-0.4, -0.2) is 37.5 Å². The van der Waals surface area contributed by atoms with Gasteiger partial charge in [-0.15, -0.1) is 0 Å². The highest BCUT2D eigenvalue weighted by atomic mass is 16.2. The Balaban J connectivity index is 2.43. The van der Waals surface area contributed by atoms with Gasteiger partial charge in [-0.1, -0.05) is 6.92 Å². The van der Waals surface area contributed by atoms with E-state index in [-0.39, 0.29) is 5.91 Å². The van der Waals surface area contributed by atoms with Crippen LogP contribution in [-0.2, 0) is 4.79 Å². The molecule has 1 aliphatic rings. The van der Waals surface area contributed by atoms with Crippen LogP contribution < -0.4 is 5.32 Å². The second kappa shape index (κ2) is 5.35. The molecule has 1 aliphatic heterocycles. The van der Waals surface area contributed by atoms with E-state index in [1.165, 1.54) is 6.42 Å². The van der Waals surface area contributed by atoms with Crippen molar-refractivity contribution < 1.29 is 4.79 Å². The van der Waals surface area contributed by atoms with Crippen LogP contribution in [0.15, 0.2) is 0 Å². The zero-order chi connectivity index (χ0) is 10.6. The summed E-state index contributed by atoms with van der Waals surface area (Å²) in [4.78, 5) is 13.2. The van der Waals surface area contributed by atoms with Gasteiger partial charge in [0.25, 0.3) is 0 Å². The number of amides is 1. The second-order valence-corrected chi connectivity index (χ2v) is 4.40. The molecule has 3 nitrogen and oxygen atoms in total. The Hall–Kier alpha value is -0.570. The number of carbonyl (C=O) groups is 1. The third-order valence-corrected chi connectivity index (χ3v) is 3.23. The first-order chi connectivity index (χ1) is 6.65. The highest BCUT2D eigenvalue weighted by Crippen LogP contribution is 2.23. The van der Waals surface area contributed by atoms with Gasteiger partial charge in [0, 0.05) is 20.0 Å². The third-order valence-electron chi connectivity index (χ3n) is 3.23. The van der Waals surface area contributed by atoms with Gasteiger partial charge in [0.15, 0.2) is 0 Å². The normalized spacial score (nSPS) is 24.8. The molecule has 0 aliphatic carbocycles. The van der Waals surface area contributed by atoms with E-state index < -0.39 is 0 Å². The van der Waals surface area contributed by atoms with Gasteiger partial charge in [-0.3, -0.25) is 4.79 Å². The van der Waals surface area contributed by atoms with Gasteiger partial charge in [0.1, 0.15) is 0 Å². The largest absolute Gasteiger partial charge is 0.343 e. The van der Waals surface area contributed by atoms with Crippen LogP contribution in [0.1, 0.15) is 26.7 Å². The highest BCUT2D eigenvalue weighted by Gasteiger charge is 2.25. The molecule has 0 spiro atoms. The zero-order valence-corrected chi connectivity index (χ0v) is 9.55. The highest BCUT2D eigenvalue weighted by molar-refractivity contribution is 5.73. The zero-order valence-electron chi connectivity index (χ0n) is 9.55. The number of nitrogens with one attached hydrogen (secondary N) is 1. The lowest BCUT2D eigenvalue weighted by atomic mass is 9.86. The summed E-state index contributed by atoms with van der Waals surface area (Å²) in [7, 11) is 1.99. The molecule has 0 aromatic carbocycles. The molecule has 2 unspecified atom stereocenters. The van der Waals surface area contributed by atoms with Gasteiger partial charge < -0.3 is 10.2 Å². The molecule has 1 rings (SSSR count). The first-order valence-corrected chi connectivity index (χ1v) is 5.55. The van der Waals surface area contributed by atoms with Crippen molar-refractivity contribution in [3.05, 3.63) is 0 Å². The number of hydrogen-bond donors (Lipinski definition) is 1. The first kappa shape index (κ1) is 11.5. The van der Waals surface area contributed by atoms with E-state index in [0.717, 1.165) is 26.1 Å². The molecule has 1 amide bonds. The molecule has 1 N–H and O–H groups in total. The Kier molecular flexibility index (Phi) is 4.39. The topological polar surface area (TPSA) is 32.3 Å². The lowest BCUT2D eigenvalue weighted by molar-refractivity contribution is -0.130. The maximum atomic E-state index is 11.2. The average Bonchev–Trinajstić information content (AvgIpc) is 2.18. The van der Waals surface area contributed by atoms with E-state index in [9.17, 15) is 4.79 Å². The van der Waals surface area contributed by atoms with Crippen LogP contribution >= 0.6 is 0 Å². The summed E-state index contributed by atoms with van der Waals surface area (Å²) in [6, 6.07) is 0. The molecule has 0 radical (unpaired) electrons. The molecule has 0 aromatic rings. The van der Waals surface area contributed by atoms with Crippen molar-refractivity contribution >= 4 is 5.91 Å². The molecule has 0 saturated carbocycles. The maximum Gasteiger partial charge on any atom is 0.219 e. The minimum atomic E-state index is 0.228. The van der Waals surface area contributed by atoms with E-state index in [1.807, 2.05) is 11.9 Å². The number of likely N-dealkylation sites (tertiary alicyclic amines) is 1. The van der Waals surface area contributed by atoms with Gasteiger partial charge >= 0.3 is 0 Å². The van der Waals surface area contributed by atoms with Crippen LogP contribution in [0.4, 0.5) is 0 Å². The lowest BCUT2D eigenvalue weighted by Crippen LogP contribution is -2.42. The Morgan fingerprint density at radius 1 is 1.64 bits per heavy atom. The van der Waals surface area contributed by atoms with Crippen molar-refractivity contribution in [2.75, 3.05) is 26.7 Å². The van der Waals surface area contributed by atoms with Crippen molar-refractivity contribution in [2.45, 2.75) is 26.7 Å². The summed E-state index contributed by atoms with van der Waals surface area (Å²) < 4.78 is 0. The Bertz CT molecular complexity index is 194. The SMILES string of the molecule is CNCC(C)C1CCCN(C(C)=O)C1. The molecule has 0 bridgehead atoms. The number of hydrogen-bond acceptors (Lipinski definition) is 2. The summed E-state index contributed by atoms with van der Waals surface area (Å²) in [5, 5.41) is 3.21. The minimum absolute atomic E-state index is 0.228. The third kappa shape index (κ3) is 2.98. The second-order valence-electron chi connectivity index (χ2n) is 4.40. The van der Waals surface area contributed by atoms with Gasteiger partial charge in [-0.05, 0) is 38.3 Å². The van der Waals surface area contributed by atoms with Gasteiger partial charge in [-0.2, -0.15) is 0 Å². The summed E-state index contributed by atoms with van der Waals surface area (Å²) in [6.45, 7) is 6.91. The quantitative estimate of drug-likeness (QED) is 0.736. The molecule has 1 saturated heterocycles. The number of rotatable bonds is 3. The predicted molar refractivity (Wildman–Crippen MR) is 58.1 cm³/mol. The summed E-state index contributed by atoms with van der Waals surface area (Å²) in [6.07, 6.45) is 2.44. The van der Waals surface area contributed by atoms with Crippen LogP contribution in [0.2, 0.25) is 0 Å². The van der Waals surface area contributed by atoms with Crippen LogP contribution in [0, 0.1) is 11.8 Å². The maximum absolute atomic E-state index is 11.2. The molecule has 14 heavy (non-hydrogen) atoms. The lowest BCUT2D eigenvalue weighted by Gasteiger charge is -2.35. The molecule has 1 heterocycles. The molecule has 2 atom stereocenters. The molecular weight excluding hydrogens is 176 g/mol. The number of carbonyl (C=O) groups excluding carboxylic acids is 1. The molecule has 0 aromatic heterocycles. The summed E-state index contributed by atoms with van der Waals surface area (Å²) >= 11 is 0. The summed E-state index contributed by atoms with van der Waals surface area (Å²) in [5.74, 6) is 1.58. The van der Waals surface area contributed by atoms with Crippen molar-refractivity contribution in [1.82, 2.24) is 10.2 Å². The van der Waals surface area contributed by atoms with Gasteiger partial charge in [-0.25, -0.2) is 0 Å². The monoisotopic (exact) mass is 198 g/mol. The fourth-order valence-electron chi connectivity index (χ4n) is 2.25. The number of nitrogens with zero attached hydrogens (tertiary/aromatic N) is 1. The van der Waals surface area contributed by atoms with Crippen molar-refractivity contribution in [2.24, 2.45) is 11.8 Å². The average molecular weight is 198 g/mol. The van der Waals surface area contributed by atoms with E-state index in [2.05, 4.69) is 12.2 Å². The molecule has 1 fully saturated rings. The van der Waals surface area contributed by atoms with Crippen molar-refractivity contribution in [3.8, 4) is 0 Å². The standard InChI is InChI=1S/C11H22N2O/c1-9(7-12-3)11-5-4-6-13(8-11)10(2)14/h9,11-12H,4-8H2,1-3H3. The molecular formula is C11H22N2O. The van der Waals surface area contributed by atoms with Crippen LogP contribution in [0.5, 0.6) is 0 Å². The smallest absolute Gasteiger partial charge is 0.219 e. The van der Waals surface area contributed by atoms with Gasteiger partial charge in [0.05, 0.1) is 0 Å². The van der Waals surface area contributed by atoms with Crippen LogP contribution in [0.3, 0.4) is 0 Å². The predicted octanol–water partition coefficient (Wildman–Crippen LogP) is 1.10. The molecule has 82 valence electrons. The van der Waals surface area contributed by atoms with Gasteiger partial charge in [0.2, 0.25) is 5.91 Å². The fraction of sp³-hybridized carbons (Fsp3) is 0.909. The summed E-state index contributed by atoms with van der Waals surface area (Å²) in [5.41, 5.74) is 0. The Morgan fingerprint density at radius 2 is 2.36 bits per heavy atom. The van der Waals surface area contributed by atoms with E-state index in [1.54, 1.807) is 6.92 Å².